The van der Waals surface area contributed by atoms with Crippen LogP contribution in [0, 0.1) is 0 Å². The van der Waals surface area contributed by atoms with E-state index in [0.717, 1.165) is 30.1 Å². The van der Waals surface area contributed by atoms with E-state index in [4.69, 9.17) is 0 Å². The fourth-order valence-electron chi connectivity index (χ4n) is 2.81. The molecule has 0 unspecified atom stereocenters. The second kappa shape index (κ2) is 6.34. The van der Waals surface area contributed by atoms with E-state index in [-0.39, 0.29) is 17.9 Å². The number of nitrogens with one attached hydrogen (secondary N) is 1. The van der Waals surface area contributed by atoms with Gasteiger partial charge in [-0.05, 0) is 25.7 Å². The van der Waals surface area contributed by atoms with Gasteiger partial charge >= 0.3 is 0 Å². The van der Waals surface area contributed by atoms with Gasteiger partial charge in [-0.1, -0.05) is 0 Å². The molecule has 1 saturated heterocycles. The number of hydrogen-bond acceptors (Lipinski definition) is 5. The van der Waals surface area contributed by atoms with Gasteiger partial charge < -0.3 is 4.90 Å². The van der Waals surface area contributed by atoms with E-state index in [0.29, 0.717) is 25.7 Å². The Kier molecular flexibility index (Phi) is 4.28. The first kappa shape index (κ1) is 14.2. The molecule has 1 aromatic rings. The van der Waals surface area contributed by atoms with Gasteiger partial charge in [-0.2, -0.15) is 5.10 Å². The van der Waals surface area contributed by atoms with Crippen LogP contribution in [-0.4, -0.2) is 34.0 Å². The summed E-state index contributed by atoms with van der Waals surface area (Å²) >= 11 is 1.61. The standard InChI is InChI=1S/C14H18N4O2S/c19-12-5-3-10(16-17-12)4-6-13(20)18-8-1-2-11(18)14-15-7-9-21-14/h7,9,11H,1-6,8H2,(H,17,19)/t11-/m0/s1. The van der Waals surface area contributed by atoms with Crippen LogP contribution in [-0.2, 0) is 9.59 Å². The summed E-state index contributed by atoms with van der Waals surface area (Å²) in [7, 11) is 0. The van der Waals surface area contributed by atoms with Crippen molar-refractivity contribution < 1.29 is 9.59 Å². The second-order valence-electron chi connectivity index (χ2n) is 5.33. The van der Waals surface area contributed by atoms with E-state index in [1.807, 2.05) is 10.3 Å². The Hall–Kier alpha value is -1.76. The predicted molar refractivity (Wildman–Crippen MR) is 79.8 cm³/mol. The van der Waals surface area contributed by atoms with Crippen LogP contribution in [0.2, 0.25) is 0 Å². The largest absolute Gasteiger partial charge is 0.333 e. The number of likely N-dealkylation sites (tertiary alicyclic amines) is 1. The third-order valence-corrected chi connectivity index (χ3v) is 4.79. The van der Waals surface area contributed by atoms with Crippen molar-refractivity contribution in [2.75, 3.05) is 6.54 Å². The van der Waals surface area contributed by atoms with Crippen LogP contribution in [0.5, 0.6) is 0 Å². The number of hydrogen-bond donors (Lipinski definition) is 1. The first-order valence-corrected chi connectivity index (χ1v) is 8.15. The molecule has 0 spiro atoms. The molecule has 3 heterocycles. The Morgan fingerprint density at radius 3 is 3.10 bits per heavy atom. The SMILES string of the molecule is O=C1CCC(CCC(=O)N2CCC[C@H]2c2nccs2)=NN1. The molecule has 7 heteroatoms. The molecule has 21 heavy (non-hydrogen) atoms. The van der Waals surface area contributed by atoms with Crippen LogP contribution in [0.25, 0.3) is 0 Å². The van der Waals surface area contributed by atoms with E-state index in [9.17, 15) is 9.59 Å². The first-order chi connectivity index (χ1) is 10.2. The molecule has 1 N–H and O–H groups in total. The maximum atomic E-state index is 12.4. The normalized spacial score (nSPS) is 22.1. The third kappa shape index (κ3) is 3.29. The van der Waals surface area contributed by atoms with Gasteiger partial charge in [-0.25, -0.2) is 10.4 Å². The number of carbonyl (C=O) groups is 2. The highest BCUT2D eigenvalue weighted by molar-refractivity contribution is 7.09. The summed E-state index contributed by atoms with van der Waals surface area (Å²) in [5.41, 5.74) is 3.38. The Morgan fingerprint density at radius 1 is 1.48 bits per heavy atom. The third-order valence-electron chi connectivity index (χ3n) is 3.92. The Bertz CT molecular complexity index is 555. The molecule has 0 saturated carbocycles. The Labute approximate surface area is 127 Å². The van der Waals surface area contributed by atoms with Crippen molar-refractivity contribution in [2.24, 2.45) is 5.10 Å². The van der Waals surface area contributed by atoms with Gasteiger partial charge in [-0.3, -0.25) is 9.59 Å². The molecule has 0 radical (unpaired) electrons. The van der Waals surface area contributed by atoms with Crippen LogP contribution in [0.4, 0.5) is 0 Å². The number of carbonyl (C=O) groups excluding carboxylic acids is 2. The van der Waals surface area contributed by atoms with Crippen molar-refractivity contribution in [1.82, 2.24) is 15.3 Å². The highest BCUT2D eigenvalue weighted by Gasteiger charge is 2.31. The number of amides is 2. The summed E-state index contributed by atoms with van der Waals surface area (Å²) in [6.45, 7) is 0.812. The smallest absolute Gasteiger partial charge is 0.240 e. The molecule has 0 aromatic carbocycles. The summed E-state index contributed by atoms with van der Waals surface area (Å²) in [5, 5.41) is 7.00. The monoisotopic (exact) mass is 306 g/mol. The second-order valence-corrected chi connectivity index (χ2v) is 6.25. The maximum absolute atomic E-state index is 12.4. The lowest BCUT2D eigenvalue weighted by atomic mass is 10.1. The molecule has 0 aliphatic carbocycles. The molecular formula is C14H18N4O2S. The molecule has 6 nitrogen and oxygen atoms in total. The van der Waals surface area contributed by atoms with Crippen molar-refractivity contribution >= 4 is 28.9 Å². The van der Waals surface area contributed by atoms with E-state index in [1.165, 1.54) is 0 Å². The van der Waals surface area contributed by atoms with Crippen molar-refractivity contribution in [3.63, 3.8) is 0 Å². The number of thiazole rings is 1. The van der Waals surface area contributed by atoms with Gasteiger partial charge in [0, 0.05) is 36.7 Å². The zero-order valence-corrected chi connectivity index (χ0v) is 12.6. The van der Waals surface area contributed by atoms with Crippen molar-refractivity contribution in [1.29, 1.82) is 0 Å². The minimum absolute atomic E-state index is 0.0477. The summed E-state index contributed by atoms with van der Waals surface area (Å²) in [6.07, 6.45) is 6.04. The lowest BCUT2D eigenvalue weighted by Crippen LogP contribution is -2.31. The zero-order chi connectivity index (χ0) is 14.7. The highest BCUT2D eigenvalue weighted by atomic mass is 32.1. The molecule has 2 amide bonds. The molecule has 3 rings (SSSR count). The van der Waals surface area contributed by atoms with Crippen molar-refractivity contribution in [3.8, 4) is 0 Å². The maximum Gasteiger partial charge on any atom is 0.240 e. The summed E-state index contributed by atoms with van der Waals surface area (Å²) in [5.74, 6) is 0.112. The molecule has 1 aromatic heterocycles. The Balaban J connectivity index is 1.56. The van der Waals surface area contributed by atoms with Gasteiger partial charge in [-0.15, -0.1) is 11.3 Å². The lowest BCUT2D eigenvalue weighted by molar-refractivity contribution is -0.132. The van der Waals surface area contributed by atoms with E-state index < -0.39 is 0 Å². The average Bonchev–Trinajstić information content (AvgIpc) is 3.16. The fourth-order valence-corrected chi connectivity index (χ4v) is 3.59. The molecule has 1 atom stereocenters. The minimum atomic E-state index is -0.0477. The fraction of sp³-hybridized carbons (Fsp3) is 0.571. The first-order valence-electron chi connectivity index (χ1n) is 7.27. The zero-order valence-electron chi connectivity index (χ0n) is 11.7. The van der Waals surface area contributed by atoms with E-state index >= 15 is 0 Å². The quantitative estimate of drug-likeness (QED) is 0.922. The van der Waals surface area contributed by atoms with E-state index in [1.54, 1.807) is 17.5 Å². The summed E-state index contributed by atoms with van der Waals surface area (Å²) in [6, 6.07) is 0.144. The van der Waals surface area contributed by atoms with Crippen LogP contribution in [0.1, 0.15) is 49.6 Å². The van der Waals surface area contributed by atoms with Gasteiger partial charge in [0.15, 0.2) is 0 Å². The van der Waals surface area contributed by atoms with Crippen molar-refractivity contribution in [3.05, 3.63) is 16.6 Å². The molecule has 2 aliphatic heterocycles. The average molecular weight is 306 g/mol. The van der Waals surface area contributed by atoms with E-state index in [2.05, 4.69) is 15.5 Å². The molecular weight excluding hydrogens is 288 g/mol. The van der Waals surface area contributed by atoms with Gasteiger partial charge in [0.05, 0.1) is 6.04 Å². The minimum Gasteiger partial charge on any atom is -0.333 e. The number of rotatable bonds is 4. The lowest BCUT2D eigenvalue weighted by Gasteiger charge is -2.23. The number of aromatic nitrogens is 1. The van der Waals surface area contributed by atoms with Gasteiger partial charge in [0.25, 0.3) is 0 Å². The van der Waals surface area contributed by atoms with Crippen LogP contribution < -0.4 is 5.43 Å². The van der Waals surface area contributed by atoms with Crippen LogP contribution >= 0.6 is 11.3 Å². The predicted octanol–water partition coefficient (Wildman–Crippen LogP) is 1.85. The molecule has 1 fully saturated rings. The summed E-state index contributed by atoms with van der Waals surface area (Å²) in [4.78, 5) is 29.7. The molecule has 2 aliphatic rings. The number of nitrogens with zero attached hydrogens (tertiary/aromatic N) is 3. The summed E-state index contributed by atoms with van der Waals surface area (Å²) < 4.78 is 0. The molecule has 0 bridgehead atoms. The number of hydrazone groups is 1. The van der Waals surface area contributed by atoms with Gasteiger partial charge in [0.1, 0.15) is 5.01 Å². The van der Waals surface area contributed by atoms with Crippen LogP contribution in [0.15, 0.2) is 16.7 Å². The molecule has 112 valence electrons. The highest BCUT2D eigenvalue weighted by Crippen LogP contribution is 2.33. The topological polar surface area (TPSA) is 74.7 Å². The Morgan fingerprint density at radius 2 is 2.38 bits per heavy atom. The van der Waals surface area contributed by atoms with Crippen LogP contribution in [0.3, 0.4) is 0 Å². The van der Waals surface area contributed by atoms with Gasteiger partial charge in [0.2, 0.25) is 11.8 Å². The van der Waals surface area contributed by atoms with Crippen molar-refractivity contribution in [2.45, 2.75) is 44.6 Å².